The average molecular weight is 259 g/mol. The van der Waals surface area contributed by atoms with Gasteiger partial charge in [0.25, 0.3) is 0 Å². The van der Waals surface area contributed by atoms with Gasteiger partial charge in [-0.2, -0.15) is 0 Å². The lowest BCUT2D eigenvalue weighted by molar-refractivity contribution is 0.238. The third-order valence-electron chi connectivity index (χ3n) is 2.77. The smallest absolute Gasteiger partial charge is 0.329 e. The van der Waals surface area contributed by atoms with Crippen LogP contribution < -0.4 is 10.1 Å². The molecule has 100 valence electrons. The van der Waals surface area contributed by atoms with Gasteiger partial charge in [-0.3, -0.25) is 0 Å². The molecule has 0 bridgehead atoms. The molecule has 0 atom stereocenters. The number of aryl methyl sites for hydroxylation is 1. The van der Waals surface area contributed by atoms with Crippen LogP contribution in [0.2, 0.25) is 0 Å². The Morgan fingerprint density at radius 3 is 2.89 bits per heavy atom. The minimum atomic E-state index is -0.220. The number of imidazole rings is 1. The average Bonchev–Trinajstić information content (AvgIpc) is 2.93. The molecule has 5 nitrogen and oxygen atoms in total. The molecule has 0 spiro atoms. The van der Waals surface area contributed by atoms with E-state index in [0.717, 1.165) is 12.8 Å². The maximum absolute atomic E-state index is 11.8. The third-order valence-corrected chi connectivity index (χ3v) is 2.77. The largest absolute Gasteiger partial charge is 0.468 e. The second kappa shape index (κ2) is 6.58. The van der Waals surface area contributed by atoms with Crippen molar-refractivity contribution in [2.45, 2.75) is 12.8 Å². The number of nitrogens with zero attached hydrogens (tertiary/aromatic N) is 2. The number of carbonyl (C=O) groups excluding carboxylic acids is 1. The number of amides is 1. The number of hydrogen-bond acceptors (Lipinski definition) is 3. The Balaban J connectivity index is 1.75. The molecular formula is C14H17N3O2. The Morgan fingerprint density at radius 1 is 1.37 bits per heavy atom. The van der Waals surface area contributed by atoms with Gasteiger partial charge in [0.15, 0.2) is 0 Å². The van der Waals surface area contributed by atoms with Crippen LogP contribution in [-0.2, 0) is 6.42 Å². The van der Waals surface area contributed by atoms with Crippen LogP contribution in [0.4, 0.5) is 4.79 Å². The fourth-order valence-corrected chi connectivity index (χ4v) is 1.81. The van der Waals surface area contributed by atoms with Gasteiger partial charge in [0, 0.05) is 18.9 Å². The van der Waals surface area contributed by atoms with Gasteiger partial charge >= 0.3 is 12.0 Å². The van der Waals surface area contributed by atoms with Crippen LogP contribution >= 0.6 is 0 Å². The molecule has 0 aliphatic carbocycles. The summed E-state index contributed by atoms with van der Waals surface area (Å²) < 4.78 is 6.32. The van der Waals surface area contributed by atoms with Gasteiger partial charge in [0.05, 0.1) is 7.11 Å². The number of ether oxygens (including phenoxy) is 1. The highest BCUT2D eigenvalue weighted by molar-refractivity contribution is 5.77. The van der Waals surface area contributed by atoms with Gasteiger partial charge in [-0.15, -0.1) is 0 Å². The fraction of sp³-hybridized carbons (Fsp3) is 0.286. The van der Waals surface area contributed by atoms with Crippen molar-refractivity contribution in [3.63, 3.8) is 0 Å². The highest BCUT2D eigenvalue weighted by atomic mass is 16.5. The standard InChI is InChI=1S/C14H17N3O2/c1-19-14-16-10-11-17(14)13(18)15-9-5-8-12-6-3-2-4-7-12/h2-4,6-7,10-11H,5,8-9H2,1H3,(H,15,18). The monoisotopic (exact) mass is 259 g/mol. The minimum Gasteiger partial charge on any atom is -0.468 e. The molecule has 0 aliphatic rings. The molecule has 0 saturated carbocycles. The first-order valence-electron chi connectivity index (χ1n) is 6.20. The van der Waals surface area contributed by atoms with Crippen LogP contribution in [0.3, 0.4) is 0 Å². The van der Waals surface area contributed by atoms with E-state index in [-0.39, 0.29) is 6.03 Å². The molecule has 1 aromatic heterocycles. The predicted molar refractivity (Wildman–Crippen MR) is 72.3 cm³/mol. The molecule has 0 fully saturated rings. The highest BCUT2D eigenvalue weighted by Crippen LogP contribution is 2.05. The summed E-state index contributed by atoms with van der Waals surface area (Å²) in [6.07, 6.45) is 4.95. The second-order valence-corrected chi connectivity index (χ2v) is 4.11. The Kier molecular flexibility index (Phi) is 4.55. The summed E-state index contributed by atoms with van der Waals surface area (Å²) in [6.45, 7) is 0.620. The summed E-state index contributed by atoms with van der Waals surface area (Å²) >= 11 is 0. The lowest BCUT2D eigenvalue weighted by atomic mass is 10.1. The van der Waals surface area contributed by atoms with Gasteiger partial charge in [-0.05, 0) is 18.4 Å². The number of nitrogens with one attached hydrogen (secondary N) is 1. The molecule has 2 rings (SSSR count). The van der Waals surface area contributed by atoms with E-state index in [1.807, 2.05) is 18.2 Å². The third kappa shape index (κ3) is 3.58. The molecule has 0 aliphatic heterocycles. The zero-order chi connectivity index (χ0) is 13.5. The zero-order valence-corrected chi connectivity index (χ0v) is 10.9. The molecule has 1 heterocycles. The lowest BCUT2D eigenvalue weighted by Crippen LogP contribution is -2.29. The summed E-state index contributed by atoms with van der Waals surface area (Å²) in [7, 11) is 1.49. The van der Waals surface area contributed by atoms with Crippen LogP contribution in [-0.4, -0.2) is 29.2 Å². The Hall–Kier alpha value is -2.30. The van der Waals surface area contributed by atoms with E-state index in [1.54, 1.807) is 6.20 Å². The van der Waals surface area contributed by atoms with Crippen molar-refractivity contribution in [2.75, 3.05) is 13.7 Å². The van der Waals surface area contributed by atoms with Gasteiger partial charge in [0.2, 0.25) is 0 Å². The van der Waals surface area contributed by atoms with Crippen LogP contribution in [0.25, 0.3) is 0 Å². The minimum absolute atomic E-state index is 0.220. The fourth-order valence-electron chi connectivity index (χ4n) is 1.81. The maximum atomic E-state index is 11.8. The summed E-state index contributed by atoms with van der Waals surface area (Å²) in [5.74, 6) is 0. The first kappa shape index (κ1) is 13.1. The number of rotatable bonds is 5. The van der Waals surface area contributed by atoms with E-state index < -0.39 is 0 Å². The van der Waals surface area contributed by atoms with Gasteiger partial charge in [-0.25, -0.2) is 14.3 Å². The molecule has 0 saturated heterocycles. The van der Waals surface area contributed by atoms with Crippen molar-refractivity contribution < 1.29 is 9.53 Å². The van der Waals surface area contributed by atoms with Crippen molar-refractivity contribution in [1.82, 2.24) is 14.9 Å². The van der Waals surface area contributed by atoms with Crippen molar-refractivity contribution >= 4 is 6.03 Å². The molecule has 19 heavy (non-hydrogen) atoms. The first-order chi connectivity index (χ1) is 9.31. The second-order valence-electron chi connectivity index (χ2n) is 4.11. The lowest BCUT2D eigenvalue weighted by Gasteiger charge is -2.07. The Bertz CT molecular complexity index is 522. The van der Waals surface area contributed by atoms with Crippen molar-refractivity contribution in [1.29, 1.82) is 0 Å². The van der Waals surface area contributed by atoms with E-state index in [9.17, 15) is 4.79 Å². The van der Waals surface area contributed by atoms with E-state index in [4.69, 9.17) is 4.74 Å². The molecule has 1 amide bonds. The van der Waals surface area contributed by atoms with E-state index in [1.165, 1.54) is 23.4 Å². The van der Waals surface area contributed by atoms with Crippen molar-refractivity contribution in [2.24, 2.45) is 0 Å². The number of carbonyl (C=O) groups is 1. The number of benzene rings is 1. The van der Waals surface area contributed by atoms with Gasteiger partial charge < -0.3 is 10.1 Å². The molecular weight excluding hydrogens is 242 g/mol. The number of methoxy groups -OCH3 is 1. The van der Waals surface area contributed by atoms with Gasteiger partial charge in [-0.1, -0.05) is 30.3 Å². The van der Waals surface area contributed by atoms with E-state index >= 15 is 0 Å². The summed E-state index contributed by atoms with van der Waals surface area (Å²) in [4.78, 5) is 15.7. The van der Waals surface area contributed by atoms with Crippen LogP contribution in [0.15, 0.2) is 42.7 Å². The number of hydrogen-bond donors (Lipinski definition) is 1. The summed E-state index contributed by atoms with van der Waals surface area (Å²) in [6, 6.07) is 10.3. The molecule has 1 N–H and O–H groups in total. The molecule has 0 radical (unpaired) electrons. The summed E-state index contributed by atoms with van der Waals surface area (Å²) in [5.41, 5.74) is 1.27. The highest BCUT2D eigenvalue weighted by Gasteiger charge is 2.09. The topological polar surface area (TPSA) is 56.2 Å². The maximum Gasteiger partial charge on any atom is 0.329 e. The predicted octanol–water partition coefficient (Wildman–Crippen LogP) is 2.08. The van der Waals surface area contributed by atoms with Crippen molar-refractivity contribution in [3.8, 4) is 6.01 Å². The van der Waals surface area contributed by atoms with Crippen LogP contribution in [0.1, 0.15) is 12.0 Å². The number of aromatic nitrogens is 2. The Labute approximate surface area is 112 Å². The van der Waals surface area contributed by atoms with Crippen LogP contribution in [0.5, 0.6) is 6.01 Å². The first-order valence-corrected chi connectivity index (χ1v) is 6.20. The SMILES string of the molecule is COc1nccn1C(=O)NCCCc1ccccc1. The quantitative estimate of drug-likeness (QED) is 0.836. The molecule has 1 aromatic carbocycles. The van der Waals surface area contributed by atoms with E-state index in [2.05, 4.69) is 22.4 Å². The molecule has 5 heteroatoms. The van der Waals surface area contributed by atoms with Crippen LogP contribution in [0, 0.1) is 0 Å². The molecule has 2 aromatic rings. The summed E-state index contributed by atoms with van der Waals surface area (Å²) in [5, 5.41) is 2.83. The zero-order valence-electron chi connectivity index (χ0n) is 10.9. The van der Waals surface area contributed by atoms with Gasteiger partial charge in [0.1, 0.15) is 0 Å². The van der Waals surface area contributed by atoms with Crippen molar-refractivity contribution in [3.05, 3.63) is 48.3 Å². The molecule has 0 unspecified atom stereocenters. The normalized spacial score (nSPS) is 10.2. The van der Waals surface area contributed by atoms with E-state index in [0.29, 0.717) is 12.6 Å². The Morgan fingerprint density at radius 2 is 2.16 bits per heavy atom.